The van der Waals surface area contributed by atoms with Gasteiger partial charge in [-0.05, 0) is 6.07 Å². The van der Waals surface area contributed by atoms with Crippen LogP contribution in [-0.4, -0.2) is 0 Å². The van der Waals surface area contributed by atoms with Gasteiger partial charge in [0.1, 0.15) is 11.8 Å². The minimum Gasteiger partial charge on any atom is -0.464 e. The Morgan fingerprint density at radius 3 is 2.28 bits per heavy atom. The van der Waals surface area contributed by atoms with Crippen LogP contribution in [0.2, 0.25) is 0 Å². The van der Waals surface area contributed by atoms with Gasteiger partial charge in [-0.15, -0.1) is 0 Å². The van der Waals surface area contributed by atoms with Crippen LogP contribution in [0.15, 0.2) is 65.3 Å². The van der Waals surface area contributed by atoms with Gasteiger partial charge in [-0.2, -0.15) is 8.78 Å². The van der Waals surface area contributed by atoms with Crippen molar-refractivity contribution < 1.29 is 13.2 Å². The fraction of sp³-hybridized carbons (Fsp3) is 0.0667. The van der Waals surface area contributed by atoms with E-state index in [1.165, 1.54) is 12.1 Å². The van der Waals surface area contributed by atoms with Crippen molar-refractivity contribution in [3.63, 3.8) is 0 Å². The predicted octanol–water partition coefficient (Wildman–Crippen LogP) is 4.57. The Balaban J connectivity index is 2.20. The first-order valence-corrected chi connectivity index (χ1v) is 5.59. The molecule has 0 aliphatic rings. The summed E-state index contributed by atoms with van der Waals surface area (Å²) in [5.74, 6) is -3.05. The molecule has 0 N–H and O–H groups in total. The summed E-state index contributed by atoms with van der Waals surface area (Å²) in [7, 11) is 0. The molecule has 0 saturated heterocycles. The van der Waals surface area contributed by atoms with E-state index < -0.39 is 5.92 Å². The molecule has 90 valence electrons. The van der Waals surface area contributed by atoms with Crippen molar-refractivity contribution in [3.8, 4) is 0 Å². The van der Waals surface area contributed by atoms with Crippen molar-refractivity contribution in [2.75, 3.05) is 0 Å². The number of fused-ring (bicyclic) bond motifs is 1. The molecule has 3 rings (SSSR count). The van der Waals surface area contributed by atoms with Gasteiger partial charge in [-0.25, -0.2) is 0 Å². The van der Waals surface area contributed by atoms with E-state index in [0.717, 1.165) is 6.26 Å². The maximum Gasteiger partial charge on any atom is 0.302 e. The van der Waals surface area contributed by atoms with E-state index in [1.54, 1.807) is 42.5 Å². The molecule has 0 aliphatic heterocycles. The van der Waals surface area contributed by atoms with Gasteiger partial charge in [0.15, 0.2) is 0 Å². The number of furan rings is 1. The zero-order valence-electron chi connectivity index (χ0n) is 9.44. The van der Waals surface area contributed by atoms with Crippen molar-refractivity contribution in [3.05, 3.63) is 72.0 Å². The van der Waals surface area contributed by atoms with Crippen molar-refractivity contribution in [2.24, 2.45) is 0 Å². The molecule has 1 nitrogen and oxygen atoms in total. The van der Waals surface area contributed by atoms with Gasteiger partial charge in [0.05, 0.1) is 5.56 Å². The Bertz CT molecular complexity index is 671. The molecule has 0 bridgehead atoms. The molecule has 0 spiro atoms. The van der Waals surface area contributed by atoms with Crippen LogP contribution in [0, 0.1) is 0 Å². The third-order valence-corrected chi connectivity index (χ3v) is 2.96. The Morgan fingerprint density at radius 1 is 0.833 bits per heavy atom. The molecule has 0 aliphatic carbocycles. The van der Waals surface area contributed by atoms with Gasteiger partial charge in [0.2, 0.25) is 0 Å². The maximum absolute atomic E-state index is 14.4. The lowest BCUT2D eigenvalue weighted by molar-refractivity contribution is 0.0436. The van der Waals surface area contributed by atoms with Crippen LogP contribution in [0.25, 0.3) is 11.0 Å². The monoisotopic (exact) mass is 244 g/mol. The lowest BCUT2D eigenvalue weighted by atomic mass is 10.00. The lowest BCUT2D eigenvalue weighted by Crippen LogP contribution is -2.14. The van der Waals surface area contributed by atoms with E-state index in [2.05, 4.69) is 0 Å². The highest BCUT2D eigenvalue weighted by Gasteiger charge is 2.36. The summed E-state index contributed by atoms with van der Waals surface area (Å²) in [6.45, 7) is 0. The number of alkyl halides is 2. The predicted molar refractivity (Wildman–Crippen MR) is 65.7 cm³/mol. The van der Waals surface area contributed by atoms with Gasteiger partial charge < -0.3 is 4.42 Å². The molecule has 18 heavy (non-hydrogen) atoms. The maximum atomic E-state index is 14.4. The van der Waals surface area contributed by atoms with Crippen LogP contribution >= 0.6 is 0 Å². The fourth-order valence-electron chi connectivity index (χ4n) is 2.02. The van der Waals surface area contributed by atoms with E-state index in [1.807, 2.05) is 0 Å². The van der Waals surface area contributed by atoms with Crippen molar-refractivity contribution in [1.29, 1.82) is 0 Å². The smallest absolute Gasteiger partial charge is 0.302 e. The van der Waals surface area contributed by atoms with Crippen molar-refractivity contribution >= 4 is 11.0 Å². The Kier molecular flexibility index (Phi) is 2.40. The third-order valence-electron chi connectivity index (χ3n) is 2.96. The molecule has 3 heteroatoms. The first-order chi connectivity index (χ1) is 8.69. The second-order valence-corrected chi connectivity index (χ2v) is 4.09. The molecule has 2 aromatic carbocycles. The molecule has 0 radical (unpaired) electrons. The van der Waals surface area contributed by atoms with Crippen molar-refractivity contribution in [2.45, 2.75) is 5.92 Å². The van der Waals surface area contributed by atoms with Gasteiger partial charge in [0.25, 0.3) is 0 Å². The molecule has 3 aromatic rings. The standard InChI is InChI=1S/C15H10F2O/c16-15(17,11-6-2-1-3-7-11)13-10-18-14-9-5-4-8-12(13)14/h1-10H. The number of benzene rings is 2. The number of hydrogen-bond donors (Lipinski definition) is 0. The molecule has 1 heterocycles. The summed E-state index contributed by atoms with van der Waals surface area (Å²) < 4.78 is 34.0. The summed E-state index contributed by atoms with van der Waals surface area (Å²) in [6, 6.07) is 14.6. The first kappa shape index (κ1) is 11.0. The van der Waals surface area contributed by atoms with Gasteiger partial charge in [0, 0.05) is 10.9 Å². The van der Waals surface area contributed by atoms with E-state index in [-0.39, 0.29) is 11.1 Å². The van der Waals surface area contributed by atoms with E-state index in [0.29, 0.717) is 11.0 Å². The number of rotatable bonds is 2. The molecule has 0 unspecified atom stereocenters. The average molecular weight is 244 g/mol. The highest BCUT2D eigenvalue weighted by molar-refractivity contribution is 5.82. The van der Waals surface area contributed by atoms with Gasteiger partial charge in [-0.3, -0.25) is 0 Å². The zero-order valence-corrected chi connectivity index (χ0v) is 9.44. The van der Waals surface area contributed by atoms with Crippen LogP contribution in [0.3, 0.4) is 0 Å². The molecule has 0 amide bonds. The van der Waals surface area contributed by atoms with Crippen LogP contribution < -0.4 is 0 Å². The van der Waals surface area contributed by atoms with E-state index >= 15 is 0 Å². The SMILES string of the molecule is FC(F)(c1ccccc1)c1coc2ccccc12. The zero-order chi connectivity index (χ0) is 12.6. The largest absolute Gasteiger partial charge is 0.464 e. The second-order valence-electron chi connectivity index (χ2n) is 4.09. The first-order valence-electron chi connectivity index (χ1n) is 5.59. The molecular weight excluding hydrogens is 234 g/mol. The average Bonchev–Trinajstić information content (AvgIpc) is 2.84. The quantitative estimate of drug-likeness (QED) is 0.643. The Morgan fingerprint density at radius 2 is 1.50 bits per heavy atom. The summed E-state index contributed by atoms with van der Waals surface area (Å²) in [5.41, 5.74) is 0.351. The third kappa shape index (κ3) is 1.59. The molecular formula is C15H10F2O. The summed E-state index contributed by atoms with van der Waals surface area (Å²) in [5, 5.41) is 0.450. The normalized spacial score (nSPS) is 11.9. The van der Waals surface area contributed by atoms with Crippen LogP contribution in [0.5, 0.6) is 0 Å². The van der Waals surface area contributed by atoms with Gasteiger partial charge >= 0.3 is 5.92 Å². The molecule has 0 atom stereocenters. The molecule has 1 aromatic heterocycles. The van der Waals surface area contributed by atoms with E-state index in [4.69, 9.17) is 4.42 Å². The minimum absolute atomic E-state index is 0.0310. The highest BCUT2D eigenvalue weighted by Crippen LogP contribution is 2.40. The second kappa shape index (κ2) is 3.95. The van der Waals surface area contributed by atoms with Gasteiger partial charge in [-0.1, -0.05) is 48.5 Å². The van der Waals surface area contributed by atoms with Crippen LogP contribution in [0.1, 0.15) is 11.1 Å². The topological polar surface area (TPSA) is 13.1 Å². The number of hydrogen-bond acceptors (Lipinski definition) is 1. The molecule has 0 saturated carbocycles. The number of halogens is 2. The van der Waals surface area contributed by atoms with Crippen molar-refractivity contribution in [1.82, 2.24) is 0 Å². The van der Waals surface area contributed by atoms with Crippen LogP contribution in [-0.2, 0) is 5.92 Å². The van der Waals surface area contributed by atoms with E-state index in [9.17, 15) is 8.78 Å². The minimum atomic E-state index is -3.05. The van der Waals surface area contributed by atoms with Crippen LogP contribution in [0.4, 0.5) is 8.78 Å². The Hall–Kier alpha value is -2.16. The number of para-hydroxylation sites is 1. The summed E-state index contributed by atoms with van der Waals surface area (Å²) in [4.78, 5) is 0. The summed E-state index contributed by atoms with van der Waals surface area (Å²) >= 11 is 0. The highest BCUT2D eigenvalue weighted by atomic mass is 19.3. The Labute approximate surface area is 103 Å². The molecule has 0 fully saturated rings. The lowest BCUT2D eigenvalue weighted by Gasteiger charge is -2.15. The fourth-order valence-corrected chi connectivity index (χ4v) is 2.02. The summed E-state index contributed by atoms with van der Waals surface area (Å²) in [6.07, 6.45) is 1.14.